The summed E-state index contributed by atoms with van der Waals surface area (Å²) in [7, 11) is 0. The van der Waals surface area contributed by atoms with Gasteiger partial charge in [-0.25, -0.2) is 0 Å². The molecule has 2 N–H and O–H groups in total. The molecule has 0 aromatic carbocycles. The second-order valence-electron chi connectivity index (χ2n) is 4.29. The molecule has 1 unspecified atom stereocenters. The van der Waals surface area contributed by atoms with E-state index in [4.69, 9.17) is 16.6 Å². The van der Waals surface area contributed by atoms with Crippen molar-refractivity contribution in [2.24, 2.45) is 5.73 Å². The van der Waals surface area contributed by atoms with Crippen LogP contribution in [-0.4, -0.2) is 22.9 Å². The zero-order valence-corrected chi connectivity index (χ0v) is 9.63. The van der Waals surface area contributed by atoms with E-state index in [1.54, 1.807) is 11.2 Å². The SMILES string of the molecule is C#CCC(N)C(=O)N(Cc1ccco1)C1CC1. The molecular formula is C13H16N2O2. The molecule has 0 saturated heterocycles. The zero-order valence-electron chi connectivity index (χ0n) is 9.63. The van der Waals surface area contributed by atoms with E-state index >= 15 is 0 Å². The van der Waals surface area contributed by atoms with Crippen molar-refractivity contribution in [1.29, 1.82) is 0 Å². The van der Waals surface area contributed by atoms with Gasteiger partial charge < -0.3 is 15.1 Å². The minimum absolute atomic E-state index is 0.0816. The maximum Gasteiger partial charge on any atom is 0.241 e. The van der Waals surface area contributed by atoms with E-state index in [-0.39, 0.29) is 12.3 Å². The summed E-state index contributed by atoms with van der Waals surface area (Å²) in [5.74, 6) is 3.12. The number of nitrogens with two attached hydrogens (primary N) is 1. The number of hydrogen-bond donors (Lipinski definition) is 1. The van der Waals surface area contributed by atoms with Gasteiger partial charge in [0.1, 0.15) is 5.76 Å². The summed E-state index contributed by atoms with van der Waals surface area (Å²) in [6, 6.07) is 3.37. The Kier molecular flexibility index (Phi) is 3.50. The van der Waals surface area contributed by atoms with Crippen molar-refractivity contribution in [2.45, 2.75) is 37.9 Å². The van der Waals surface area contributed by atoms with E-state index in [0.29, 0.717) is 12.6 Å². The predicted octanol–water partition coefficient (Wildman–Crippen LogP) is 1.12. The van der Waals surface area contributed by atoms with Crippen LogP contribution in [0.1, 0.15) is 25.0 Å². The van der Waals surface area contributed by atoms with Gasteiger partial charge in [-0.05, 0) is 25.0 Å². The number of carbonyl (C=O) groups is 1. The molecule has 0 bridgehead atoms. The average Bonchev–Trinajstić information content (AvgIpc) is 3.03. The van der Waals surface area contributed by atoms with Gasteiger partial charge in [-0.15, -0.1) is 12.3 Å². The van der Waals surface area contributed by atoms with Crippen molar-refractivity contribution in [1.82, 2.24) is 4.90 Å². The van der Waals surface area contributed by atoms with Gasteiger partial charge >= 0.3 is 0 Å². The van der Waals surface area contributed by atoms with E-state index in [1.165, 1.54) is 0 Å². The molecule has 0 aliphatic heterocycles. The van der Waals surface area contributed by atoms with Crippen LogP contribution in [0.2, 0.25) is 0 Å². The minimum atomic E-state index is -0.601. The molecule has 1 aromatic heterocycles. The van der Waals surface area contributed by atoms with E-state index in [9.17, 15) is 4.79 Å². The Morgan fingerprint density at radius 2 is 2.47 bits per heavy atom. The molecule has 1 heterocycles. The van der Waals surface area contributed by atoms with Crippen molar-refractivity contribution in [3.05, 3.63) is 24.2 Å². The van der Waals surface area contributed by atoms with Crippen LogP contribution in [0.5, 0.6) is 0 Å². The quantitative estimate of drug-likeness (QED) is 0.774. The number of hydrogen-bond acceptors (Lipinski definition) is 3. The fourth-order valence-electron chi connectivity index (χ4n) is 1.77. The van der Waals surface area contributed by atoms with Gasteiger partial charge in [0, 0.05) is 12.5 Å². The molecule has 90 valence electrons. The first-order chi connectivity index (χ1) is 8.22. The number of nitrogens with zero attached hydrogens (tertiary/aromatic N) is 1. The van der Waals surface area contributed by atoms with Crippen molar-refractivity contribution in [3.63, 3.8) is 0 Å². The topological polar surface area (TPSA) is 59.5 Å². The number of amides is 1. The highest BCUT2D eigenvalue weighted by Crippen LogP contribution is 2.29. The van der Waals surface area contributed by atoms with Gasteiger partial charge in [-0.1, -0.05) is 0 Å². The summed E-state index contributed by atoms with van der Waals surface area (Å²) >= 11 is 0. The highest BCUT2D eigenvalue weighted by atomic mass is 16.3. The molecule has 0 radical (unpaired) electrons. The summed E-state index contributed by atoms with van der Waals surface area (Å²) in [5.41, 5.74) is 5.76. The second kappa shape index (κ2) is 5.07. The van der Waals surface area contributed by atoms with Crippen molar-refractivity contribution < 1.29 is 9.21 Å². The Morgan fingerprint density at radius 1 is 1.71 bits per heavy atom. The molecule has 1 saturated carbocycles. The van der Waals surface area contributed by atoms with Crippen LogP contribution in [0.25, 0.3) is 0 Å². The van der Waals surface area contributed by atoms with Gasteiger partial charge in [-0.3, -0.25) is 4.79 Å². The first-order valence-corrected chi connectivity index (χ1v) is 5.74. The largest absolute Gasteiger partial charge is 0.467 e. The molecule has 2 rings (SSSR count). The van der Waals surface area contributed by atoms with Crippen LogP contribution in [0, 0.1) is 12.3 Å². The van der Waals surface area contributed by atoms with Crippen LogP contribution in [0.4, 0.5) is 0 Å². The van der Waals surface area contributed by atoms with Crippen LogP contribution in [0.3, 0.4) is 0 Å². The smallest absolute Gasteiger partial charge is 0.241 e. The molecule has 1 aromatic rings. The number of carbonyl (C=O) groups excluding carboxylic acids is 1. The third-order valence-electron chi connectivity index (χ3n) is 2.83. The Morgan fingerprint density at radius 3 is 3.00 bits per heavy atom. The lowest BCUT2D eigenvalue weighted by Crippen LogP contribution is -2.44. The lowest BCUT2D eigenvalue weighted by Gasteiger charge is -2.24. The summed E-state index contributed by atoms with van der Waals surface area (Å²) in [6.45, 7) is 0.481. The van der Waals surface area contributed by atoms with E-state index in [0.717, 1.165) is 18.6 Å². The van der Waals surface area contributed by atoms with Gasteiger partial charge in [-0.2, -0.15) is 0 Å². The molecule has 1 aliphatic rings. The van der Waals surface area contributed by atoms with Crippen molar-refractivity contribution in [2.75, 3.05) is 0 Å². The van der Waals surface area contributed by atoms with Crippen LogP contribution < -0.4 is 5.73 Å². The second-order valence-corrected chi connectivity index (χ2v) is 4.29. The monoisotopic (exact) mass is 232 g/mol. The molecule has 4 heteroatoms. The number of rotatable bonds is 5. The summed E-state index contributed by atoms with van der Waals surface area (Å²) in [6.07, 6.45) is 9.13. The van der Waals surface area contributed by atoms with E-state index in [1.807, 2.05) is 12.1 Å². The van der Waals surface area contributed by atoms with Crippen LogP contribution >= 0.6 is 0 Å². The highest BCUT2D eigenvalue weighted by Gasteiger charge is 2.34. The van der Waals surface area contributed by atoms with Crippen LogP contribution in [0.15, 0.2) is 22.8 Å². The number of terminal acetylenes is 1. The zero-order chi connectivity index (χ0) is 12.3. The third kappa shape index (κ3) is 2.89. The third-order valence-corrected chi connectivity index (χ3v) is 2.83. The Labute approximate surface area is 101 Å². The van der Waals surface area contributed by atoms with Crippen LogP contribution in [-0.2, 0) is 11.3 Å². The first-order valence-electron chi connectivity index (χ1n) is 5.74. The maximum absolute atomic E-state index is 12.1. The van der Waals surface area contributed by atoms with Gasteiger partial charge in [0.25, 0.3) is 0 Å². The van der Waals surface area contributed by atoms with Gasteiger partial charge in [0.15, 0.2) is 0 Å². The molecule has 0 spiro atoms. The fourth-order valence-corrected chi connectivity index (χ4v) is 1.77. The normalized spacial score (nSPS) is 16.2. The molecule has 4 nitrogen and oxygen atoms in total. The number of furan rings is 1. The van der Waals surface area contributed by atoms with Crippen molar-refractivity contribution >= 4 is 5.91 Å². The maximum atomic E-state index is 12.1. The molecule has 1 amide bonds. The summed E-state index contributed by atoms with van der Waals surface area (Å²) < 4.78 is 5.26. The summed E-state index contributed by atoms with van der Waals surface area (Å²) in [5, 5.41) is 0. The fraction of sp³-hybridized carbons (Fsp3) is 0.462. The molecule has 1 fully saturated rings. The first kappa shape index (κ1) is 11.7. The Balaban J connectivity index is 2.02. The lowest BCUT2D eigenvalue weighted by atomic mass is 10.2. The molecule has 17 heavy (non-hydrogen) atoms. The van der Waals surface area contributed by atoms with E-state index in [2.05, 4.69) is 5.92 Å². The molecule has 1 atom stereocenters. The Hall–Kier alpha value is -1.73. The molecule has 1 aliphatic carbocycles. The van der Waals surface area contributed by atoms with E-state index < -0.39 is 6.04 Å². The van der Waals surface area contributed by atoms with Gasteiger partial charge in [0.05, 0.1) is 18.8 Å². The molecular weight excluding hydrogens is 216 g/mol. The van der Waals surface area contributed by atoms with Crippen molar-refractivity contribution in [3.8, 4) is 12.3 Å². The minimum Gasteiger partial charge on any atom is -0.467 e. The predicted molar refractivity (Wildman–Crippen MR) is 63.7 cm³/mol. The highest BCUT2D eigenvalue weighted by molar-refractivity contribution is 5.82. The lowest BCUT2D eigenvalue weighted by molar-refractivity contribution is -0.134. The average molecular weight is 232 g/mol. The summed E-state index contributed by atoms with van der Waals surface area (Å²) in [4.78, 5) is 13.9. The Bertz CT molecular complexity index is 415. The standard InChI is InChI=1S/C13H16N2O2/c1-2-4-12(14)13(16)15(10-6-7-10)9-11-5-3-8-17-11/h1,3,5,8,10,12H,4,6-7,9,14H2. The van der Waals surface area contributed by atoms with Gasteiger partial charge in [0.2, 0.25) is 5.91 Å².